The molecule has 2 saturated heterocycles. The van der Waals surface area contributed by atoms with Crippen LogP contribution in [0.3, 0.4) is 0 Å². The lowest BCUT2D eigenvalue weighted by Gasteiger charge is -2.37. The van der Waals surface area contributed by atoms with Crippen LogP contribution >= 0.6 is 0 Å². The fraction of sp³-hybridized carbons (Fsp3) is 0.439. The van der Waals surface area contributed by atoms with Crippen LogP contribution in [-0.2, 0) is 36.8 Å². The van der Waals surface area contributed by atoms with Crippen LogP contribution < -0.4 is 24.8 Å². The van der Waals surface area contributed by atoms with Gasteiger partial charge >= 0.3 is 5.97 Å². The standard InChI is InChI=1S/C57H68N4O10/c1-8-42(41-31-37(4)52(69-7)50(33-41)68-6)54(64)60-29-15-13-18-47(60)57(67)71-49(27-24-40-22-20-35(2)36(3)30-40)44-17-11-12-19-48(44)70-34-51(62)58-28-14-9-10-16-39-23-25-43-45(32-39)56(66)61(55(43)65)46-26-21-38(5)59-53(46)63/h11-12,17,19-20,22-23,25,30-33,42,46-47,49H,5,8-10,13-16,18,21,24,26-29,34H2,1-4,6-7H3,(H,58,62)(H,59,63)/t42-,46?,47-,49?/m0/s1. The molecule has 3 heterocycles. The zero-order chi connectivity index (χ0) is 50.8. The zero-order valence-electron chi connectivity index (χ0n) is 42.0. The van der Waals surface area contributed by atoms with Gasteiger partial charge in [-0.3, -0.25) is 28.9 Å². The second kappa shape index (κ2) is 23.8. The fourth-order valence-corrected chi connectivity index (χ4v) is 10.0. The number of esters is 1. The van der Waals surface area contributed by atoms with Gasteiger partial charge in [-0.25, -0.2) is 4.79 Å². The molecule has 71 heavy (non-hydrogen) atoms. The number of nitrogens with one attached hydrogen (secondary N) is 2. The predicted molar refractivity (Wildman–Crippen MR) is 269 cm³/mol. The van der Waals surface area contributed by atoms with E-state index in [1.807, 2.05) is 50.2 Å². The molecule has 0 aliphatic carbocycles. The maximum Gasteiger partial charge on any atom is 0.329 e. The van der Waals surface area contributed by atoms with Crippen molar-refractivity contribution in [3.05, 3.63) is 135 Å². The lowest BCUT2D eigenvalue weighted by atomic mass is 9.91. The molecule has 4 aromatic carbocycles. The van der Waals surface area contributed by atoms with E-state index in [0.717, 1.165) is 52.8 Å². The summed E-state index contributed by atoms with van der Waals surface area (Å²) < 4.78 is 23.8. The van der Waals surface area contributed by atoms with E-state index >= 15 is 0 Å². The molecule has 5 amide bonds. The molecular weight excluding hydrogens is 901 g/mol. The summed E-state index contributed by atoms with van der Waals surface area (Å²) in [5.41, 5.74) is 7.85. The van der Waals surface area contributed by atoms with E-state index in [2.05, 4.69) is 49.3 Å². The van der Waals surface area contributed by atoms with Gasteiger partial charge in [0, 0.05) is 24.4 Å². The Morgan fingerprint density at radius 3 is 2.31 bits per heavy atom. The molecule has 2 N–H and O–H groups in total. The van der Waals surface area contributed by atoms with Crippen LogP contribution in [0.15, 0.2) is 85.1 Å². The third-order valence-electron chi connectivity index (χ3n) is 14.1. The number of piperidine rings is 2. The minimum Gasteiger partial charge on any atom is -0.493 e. The van der Waals surface area contributed by atoms with E-state index in [1.54, 1.807) is 37.3 Å². The van der Waals surface area contributed by atoms with Crippen LogP contribution in [0.4, 0.5) is 0 Å². The molecule has 7 rings (SSSR count). The monoisotopic (exact) mass is 968 g/mol. The predicted octanol–water partition coefficient (Wildman–Crippen LogP) is 8.72. The Hall–Kier alpha value is -6.96. The molecule has 0 aromatic heterocycles. The SMILES string of the molecule is C=C1CCC(N2C(=O)c3ccc(CCCCCNC(=O)COc4ccccc4C(CCc4ccc(C)c(C)c4)OC(=O)[C@@H]4CCCCN4C(=O)[C@@H](CC)c4cc(C)c(OC)c(OC)c4)cc3C2=O)C(=O)N1. The number of imide groups is 1. The average molecular weight is 969 g/mol. The van der Waals surface area contributed by atoms with E-state index < -0.39 is 47.8 Å². The van der Waals surface area contributed by atoms with Gasteiger partial charge in [-0.1, -0.05) is 68.5 Å². The first-order valence-electron chi connectivity index (χ1n) is 25.0. The Balaban J connectivity index is 0.958. The number of hydrogen-bond acceptors (Lipinski definition) is 10. The minimum absolute atomic E-state index is 0.134. The number of carbonyl (C=O) groups excluding carboxylic acids is 6. The smallest absolute Gasteiger partial charge is 0.329 e. The number of fused-ring (bicyclic) bond motifs is 1. The van der Waals surface area contributed by atoms with Crippen molar-refractivity contribution in [1.29, 1.82) is 0 Å². The summed E-state index contributed by atoms with van der Waals surface area (Å²) in [4.78, 5) is 84.0. The number of unbranched alkanes of at least 4 members (excludes halogenated alkanes) is 2. The van der Waals surface area contributed by atoms with Crippen LogP contribution in [0.1, 0.15) is 143 Å². The number of carbonyl (C=O) groups is 6. The molecule has 2 unspecified atom stereocenters. The Morgan fingerprint density at radius 2 is 1.56 bits per heavy atom. The molecule has 4 atom stereocenters. The maximum atomic E-state index is 14.5. The molecule has 3 aliphatic rings. The Kier molecular flexibility index (Phi) is 17.4. The summed E-state index contributed by atoms with van der Waals surface area (Å²) in [5, 5.41) is 5.61. The highest BCUT2D eigenvalue weighted by atomic mass is 16.5. The molecule has 0 saturated carbocycles. The van der Waals surface area contributed by atoms with E-state index in [1.165, 1.54) is 11.1 Å². The fourth-order valence-electron chi connectivity index (χ4n) is 10.0. The Bertz CT molecular complexity index is 2660. The van der Waals surface area contributed by atoms with Gasteiger partial charge in [-0.2, -0.15) is 0 Å². The van der Waals surface area contributed by atoms with Crippen molar-refractivity contribution in [3.8, 4) is 17.2 Å². The summed E-state index contributed by atoms with van der Waals surface area (Å²) >= 11 is 0. The number of aryl methyl sites for hydroxylation is 5. The van der Waals surface area contributed by atoms with Crippen molar-refractivity contribution in [1.82, 2.24) is 20.4 Å². The van der Waals surface area contributed by atoms with Crippen LogP contribution in [0.2, 0.25) is 0 Å². The van der Waals surface area contributed by atoms with Crippen molar-refractivity contribution >= 4 is 35.5 Å². The van der Waals surface area contributed by atoms with Crippen molar-refractivity contribution in [3.63, 3.8) is 0 Å². The molecule has 0 radical (unpaired) electrons. The van der Waals surface area contributed by atoms with Gasteiger partial charge in [-0.05, 0) is 149 Å². The number of ether oxygens (including phenoxy) is 4. The Morgan fingerprint density at radius 1 is 0.803 bits per heavy atom. The molecule has 4 aromatic rings. The Labute approximate surface area is 417 Å². The largest absolute Gasteiger partial charge is 0.493 e. The van der Waals surface area contributed by atoms with Gasteiger partial charge in [0.25, 0.3) is 17.7 Å². The topological polar surface area (TPSA) is 170 Å². The molecule has 376 valence electrons. The third kappa shape index (κ3) is 12.1. The van der Waals surface area contributed by atoms with Crippen molar-refractivity contribution in [2.45, 2.75) is 129 Å². The van der Waals surface area contributed by atoms with Gasteiger partial charge < -0.3 is 34.5 Å². The highest BCUT2D eigenvalue weighted by Crippen LogP contribution is 2.38. The first-order chi connectivity index (χ1) is 34.2. The number of hydrogen-bond donors (Lipinski definition) is 2. The maximum absolute atomic E-state index is 14.5. The van der Waals surface area contributed by atoms with Gasteiger partial charge in [-0.15, -0.1) is 0 Å². The first kappa shape index (κ1) is 51.9. The summed E-state index contributed by atoms with van der Waals surface area (Å²) in [6.45, 7) is 12.4. The molecule has 3 aliphatic heterocycles. The van der Waals surface area contributed by atoms with E-state index in [0.29, 0.717) is 104 Å². The van der Waals surface area contributed by atoms with Crippen LogP contribution in [-0.4, -0.2) is 91.3 Å². The molecule has 0 spiro atoms. The van der Waals surface area contributed by atoms with Crippen molar-refractivity contribution < 1.29 is 47.7 Å². The van der Waals surface area contributed by atoms with Crippen LogP contribution in [0.25, 0.3) is 0 Å². The summed E-state index contributed by atoms with van der Waals surface area (Å²) in [5.74, 6) is -1.13. The van der Waals surface area contributed by atoms with Gasteiger partial charge in [0.15, 0.2) is 18.1 Å². The van der Waals surface area contributed by atoms with E-state index in [9.17, 15) is 28.8 Å². The molecule has 14 nitrogen and oxygen atoms in total. The van der Waals surface area contributed by atoms with Gasteiger partial charge in [0.2, 0.25) is 11.8 Å². The summed E-state index contributed by atoms with van der Waals surface area (Å²) in [7, 11) is 3.16. The molecule has 14 heteroatoms. The van der Waals surface area contributed by atoms with Crippen molar-refractivity contribution in [2.24, 2.45) is 0 Å². The normalized spacial score (nSPS) is 17.5. The lowest BCUT2D eigenvalue weighted by Crippen LogP contribution is -2.51. The summed E-state index contributed by atoms with van der Waals surface area (Å²) in [6, 6.07) is 21.1. The summed E-state index contributed by atoms with van der Waals surface area (Å²) in [6.07, 6.45) is 6.70. The number of allylic oxidation sites excluding steroid dienone is 1. The number of rotatable bonds is 21. The number of methoxy groups -OCH3 is 2. The second-order valence-corrected chi connectivity index (χ2v) is 19.0. The number of nitrogens with zero attached hydrogens (tertiary/aromatic N) is 2. The molecule has 0 bridgehead atoms. The number of likely N-dealkylation sites (tertiary alicyclic amines) is 1. The number of amides is 5. The third-order valence-corrected chi connectivity index (χ3v) is 14.1. The lowest BCUT2D eigenvalue weighted by molar-refractivity contribution is -0.162. The average Bonchev–Trinajstić information content (AvgIpc) is 3.61. The minimum atomic E-state index is -0.855. The number of para-hydroxylation sites is 1. The van der Waals surface area contributed by atoms with Crippen LogP contribution in [0, 0.1) is 20.8 Å². The van der Waals surface area contributed by atoms with Gasteiger partial charge in [0.05, 0.1) is 31.3 Å². The highest BCUT2D eigenvalue weighted by molar-refractivity contribution is 6.23. The highest BCUT2D eigenvalue weighted by Gasteiger charge is 2.44. The first-order valence-corrected chi connectivity index (χ1v) is 25.0. The van der Waals surface area contributed by atoms with Crippen molar-refractivity contribution in [2.75, 3.05) is 33.9 Å². The van der Waals surface area contributed by atoms with Crippen LogP contribution in [0.5, 0.6) is 17.2 Å². The molecular formula is C57H68N4O10. The quantitative estimate of drug-likeness (QED) is 0.0468. The van der Waals surface area contributed by atoms with Gasteiger partial charge in [0.1, 0.15) is 23.9 Å². The second-order valence-electron chi connectivity index (χ2n) is 19.0. The van der Waals surface area contributed by atoms with E-state index in [-0.39, 0.29) is 18.4 Å². The molecule has 2 fully saturated rings. The zero-order valence-corrected chi connectivity index (χ0v) is 42.0. The van der Waals surface area contributed by atoms with E-state index in [4.69, 9.17) is 18.9 Å². The number of benzene rings is 4.